The number of aromatic amines is 1. The average Bonchev–Trinajstić information content (AvgIpc) is 3.08. The first kappa shape index (κ1) is 20.9. The Morgan fingerprint density at radius 2 is 2.17 bits per heavy atom. The molecule has 3 rings (SSSR count). The third kappa shape index (κ3) is 3.50. The van der Waals surface area contributed by atoms with Crippen molar-refractivity contribution in [2.24, 2.45) is 11.7 Å². The number of ketones is 1. The molecule has 0 spiro atoms. The number of ether oxygens (including phenoxy) is 2. The zero-order chi connectivity index (χ0) is 21.7. The maximum Gasteiger partial charge on any atom is 0.323 e. The highest BCUT2D eigenvalue weighted by Crippen LogP contribution is 2.37. The minimum Gasteiger partial charge on any atom is -0.458 e. The standard InChI is InChI=1S/C17H22FN5O6/c1-6(2)9(19)15(27)28-5-17(18)11(25)10(24)14(29-17)23-4-7(3)8-12(23)21-16(20)22-13(8)26/h4,6,9,11,14,25H,5,19H2,1-3H3,(H3,20,21,22,26)/t9-,11-,14+,17+/m0/s1. The first-order valence-electron chi connectivity index (χ1n) is 8.84. The van der Waals surface area contributed by atoms with Crippen molar-refractivity contribution in [2.75, 3.05) is 12.3 Å². The van der Waals surface area contributed by atoms with Crippen LogP contribution in [0.1, 0.15) is 25.6 Å². The number of fused-ring (bicyclic) bond motifs is 1. The summed E-state index contributed by atoms with van der Waals surface area (Å²) in [6.07, 6.45) is -2.52. The molecule has 11 nitrogen and oxygen atoms in total. The van der Waals surface area contributed by atoms with Crippen molar-refractivity contribution >= 4 is 28.7 Å². The molecule has 0 bridgehead atoms. The molecule has 4 atom stereocenters. The van der Waals surface area contributed by atoms with Gasteiger partial charge in [-0.25, -0.2) is 4.39 Å². The monoisotopic (exact) mass is 411 g/mol. The molecule has 0 unspecified atom stereocenters. The van der Waals surface area contributed by atoms with Crippen molar-refractivity contribution in [2.45, 2.75) is 45.0 Å². The number of hydrogen-bond acceptors (Lipinski definition) is 9. The second kappa shape index (κ2) is 7.21. The number of nitrogens with two attached hydrogens (primary N) is 2. The Morgan fingerprint density at radius 1 is 1.52 bits per heavy atom. The van der Waals surface area contributed by atoms with Crippen molar-refractivity contribution in [3.05, 3.63) is 22.1 Å². The maximum absolute atomic E-state index is 15.1. The number of nitrogens with zero attached hydrogens (tertiary/aromatic N) is 2. The predicted molar refractivity (Wildman–Crippen MR) is 98.3 cm³/mol. The Hall–Kier alpha value is -2.83. The maximum atomic E-state index is 15.1. The fourth-order valence-electron chi connectivity index (χ4n) is 3.03. The molecule has 0 amide bonds. The summed E-state index contributed by atoms with van der Waals surface area (Å²) in [4.78, 5) is 42.8. The number of aromatic nitrogens is 3. The van der Waals surface area contributed by atoms with Gasteiger partial charge in [0.15, 0.2) is 18.4 Å². The zero-order valence-corrected chi connectivity index (χ0v) is 16.0. The lowest BCUT2D eigenvalue weighted by atomic mass is 10.1. The van der Waals surface area contributed by atoms with Crippen LogP contribution in [0.25, 0.3) is 11.0 Å². The second-order valence-electron chi connectivity index (χ2n) is 7.31. The van der Waals surface area contributed by atoms with E-state index in [0.29, 0.717) is 5.56 Å². The molecule has 1 fully saturated rings. The molecule has 158 valence electrons. The van der Waals surface area contributed by atoms with Gasteiger partial charge in [0.1, 0.15) is 6.04 Å². The van der Waals surface area contributed by atoms with Crippen LogP contribution in [0.15, 0.2) is 11.0 Å². The molecule has 2 aromatic heterocycles. The highest BCUT2D eigenvalue weighted by Gasteiger charge is 2.57. The van der Waals surface area contributed by atoms with Gasteiger partial charge in [-0.1, -0.05) is 13.8 Å². The molecule has 29 heavy (non-hydrogen) atoms. The van der Waals surface area contributed by atoms with E-state index in [-0.39, 0.29) is 22.9 Å². The van der Waals surface area contributed by atoms with Crippen LogP contribution in [0.3, 0.4) is 0 Å². The zero-order valence-electron chi connectivity index (χ0n) is 16.0. The van der Waals surface area contributed by atoms with Crippen LogP contribution < -0.4 is 17.0 Å². The molecule has 6 N–H and O–H groups in total. The van der Waals surface area contributed by atoms with E-state index in [2.05, 4.69) is 9.97 Å². The SMILES string of the molecule is Cc1cn([C@@H]2O[C@](F)(COC(=O)[C@@H](N)C(C)C)[C@@H](O)C2=O)c2nc(N)[nH]c(=O)c12. The summed E-state index contributed by atoms with van der Waals surface area (Å²) in [5, 5.41) is 10.2. The Morgan fingerprint density at radius 3 is 2.79 bits per heavy atom. The van der Waals surface area contributed by atoms with Gasteiger partial charge in [0.2, 0.25) is 18.0 Å². The number of H-pyrrole nitrogens is 1. The largest absolute Gasteiger partial charge is 0.458 e. The molecular weight excluding hydrogens is 389 g/mol. The van der Waals surface area contributed by atoms with Crippen LogP contribution in [0, 0.1) is 12.8 Å². The van der Waals surface area contributed by atoms with Gasteiger partial charge in [-0.2, -0.15) is 4.98 Å². The van der Waals surface area contributed by atoms with E-state index in [9.17, 15) is 19.5 Å². The van der Waals surface area contributed by atoms with Gasteiger partial charge in [-0.05, 0) is 18.4 Å². The molecule has 0 radical (unpaired) electrons. The number of esters is 1. The number of anilines is 1. The fourth-order valence-corrected chi connectivity index (χ4v) is 3.03. The highest BCUT2D eigenvalue weighted by atomic mass is 19.2. The molecule has 0 saturated carbocycles. The first-order chi connectivity index (χ1) is 13.5. The summed E-state index contributed by atoms with van der Waals surface area (Å²) in [6, 6.07) is -1.00. The lowest BCUT2D eigenvalue weighted by molar-refractivity contribution is -0.216. The number of aliphatic hydroxyl groups is 1. The van der Waals surface area contributed by atoms with E-state index >= 15 is 4.39 Å². The normalized spacial score (nSPS) is 25.7. The van der Waals surface area contributed by atoms with Gasteiger partial charge >= 0.3 is 5.97 Å². The smallest absolute Gasteiger partial charge is 0.323 e. The Kier molecular flexibility index (Phi) is 5.19. The number of hydrogen-bond donors (Lipinski definition) is 4. The first-order valence-corrected chi connectivity index (χ1v) is 8.84. The van der Waals surface area contributed by atoms with Crippen LogP contribution >= 0.6 is 0 Å². The number of Topliss-reactive ketones (excluding diaryl/α,β-unsaturated/α-hetero) is 1. The van der Waals surface area contributed by atoms with Crippen LogP contribution in [-0.4, -0.2) is 56.0 Å². The summed E-state index contributed by atoms with van der Waals surface area (Å²) in [5.74, 6) is -5.39. The topological polar surface area (TPSA) is 176 Å². The van der Waals surface area contributed by atoms with E-state index in [1.54, 1.807) is 20.8 Å². The number of carbonyl (C=O) groups excluding carboxylic acids is 2. The van der Waals surface area contributed by atoms with Gasteiger partial charge < -0.3 is 26.0 Å². The van der Waals surface area contributed by atoms with E-state index in [1.165, 1.54) is 6.20 Å². The number of nitrogen functional groups attached to an aromatic ring is 1. The van der Waals surface area contributed by atoms with Crippen LogP contribution in [0.2, 0.25) is 0 Å². The minimum atomic E-state index is -2.99. The number of aryl methyl sites for hydroxylation is 1. The number of nitrogens with one attached hydrogen (secondary N) is 1. The van der Waals surface area contributed by atoms with Gasteiger partial charge in [-0.3, -0.25) is 23.9 Å². The van der Waals surface area contributed by atoms with Crippen LogP contribution in [-0.2, 0) is 19.1 Å². The lowest BCUT2D eigenvalue weighted by Gasteiger charge is -2.23. The predicted octanol–water partition coefficient (Wildman–Crippen LogP) is -0.734. The quantitative estimate of drug-likeness (QED) is 0.462. The van der Waals surface area contributed by atoms with E-state index < -0.39 is 48.1 Å². The van der Waals surface area contributed by atoms with Crippen molar-refractivity contribution in [1.82, 2.24) is 14.5 Å². The number of alkyl halides is 1. The number of rotatable bonds is 5. The molecule has 1 saturated heterocycles. The molecule has 1 aliphatic rings. The van der Waals surface area contributed by atoms with E-state index in [4.69, 9.17) is 20.9 Å². The molecular formula is C17H22FN5O6. The van der Waals surface area contributed by atoms with Gasteiger partial charge in [0.25, 0.3) is 11.4 Å². The lowest BCUT2D eigenvalue weighted by Crippen LogP contribution is -2.45. The Labute approximate surface area is 163 Å². The van der Waals surface area contributed by atoms with Crippen LogP contribution in [0.4, 0.5) is 10.3 Å². The average molecular weight is 411 g/mol. The molecule has 2 aromatic rings. The molecule has 0 aromatic carbocycles. The number of halogens is 1. The molecule has 12 heteroatoms. The summed E-state index contributed by atoms with van der Waals surface area (Å²) >= 11 is 0. The molecule has 1 aliphatic heterocycles. The Bertz CT molecular complexity index is 1030. The minimum absolute atomic E-state index is 0.0163. The summed E-state index contributed by atoms with van der Waals surface area (Å²) < 4.78 is 26.2. The van der Waals surface area contributed by atoms with Crippen molar-refractivity contribution in [1.29, 1.82) is 0 Å². The van der Waals surface area contributed by atoms with Crippen molar-refractivity contribution < 1.29 is 28.6 Å². The number of aliphatic hydroxyl groups excluding tert-OH is 1. The Balaban J connectivity index is 1.90. The number of carbonyl (C=O) groups is 2. The fraction of sp³-hybridized carbons (Fsp3) is 0.529. The van der Waals surface area contributed by atoms with Gasteiger partial charge in [0, 0.05) is 6.20 Å². The van der Waals surface area contributed by atoms with Gasteiger partial charge in [-0.15, -0.1) is 0 Å². The molecule has 3 heterocycles. The third-order valence-electron chi connectivity index (χ3n) is 4.77. The summed E-state index contributed by atoms with van der Waals surface area (Å²) in [7, 11) is 0. The summed E-state index contributed by atoms with van der Waals surface area (Å²) in [6.45, 7) is 3.90. The molecule has 0 aliphatic carbocycles. The van der Waals surface area contributed by atoms with Gasteiger partial charge in [0.05, 0.1) is 5.39 Å². The van der Waals surface area contributed by atoms with E-state index in [0.717, 1.165) is 4.57 Å². The summed E-state index contributed by atoms with van der Waals surface area (Å²) in [5.41, 5.74) is 11.1. The van der Waals surface area contributed by atoms with Crippen molar-refractivity contribution in [3.63, 3.8) is 0 Å². The highest BCUT2D eigenvalue weighted by molar-refractivity contribution is 5.91. The van der Waals surface area contributed by atoms with Crippen LogP contribution in [0.5, 0.6) is 0 Å². The second-order valence-corrected chi connectivity index (χ2v) is 7.31. The third-order valence-corrected chi connectivity index (χ3v) is 4.77. The van der Waals surface area contributed by atoms with E-state index in [1.807, 2.05) is 0 Å². The van der Waals surface area contributed by atoms with Crippen molar-refractivity contribution in [3.8, 4) is 0 Å².